The van der Waals surface area contributed by atoms with Crippen LogP contribution >= 0.6 is 11.6 Å². The minimum absolute atomic E-state index is 0.0253. The summed E-state index contributed by atoms with van der Waals surface area (Å²) < 4.78 is 46.4. The molecule has 11 heteroatoms. The van der Waals surface area contributed by atoms with Crippen molar-refractivity contribution in [3.05, 3.63) is 52.6 Å². The van der Waals surface area contributed by atoms with E-state index in [0.717, 1.165) is 17.1 Å². The molecule has 0 aliphatic rings. The Labute approximate surface area is 162 Å². The Hall–Kier alpha value is -3.32. The Kier molecular flexibility index (Phi) is 6.43. The molecular formula is C17H13ClF3N5O2. The van der Waals surface area contributed by atoms with E-state index in [1.54, 1.807) is 0 Å². The van der Waals surface area contributed by atoms with E-state index in [2.05, 4.69) is 22.0 Å². The second-order valence-corrected chi connectivity index (χ2v) is 5.77. The standard InChI is InChI=1S/C17H13ClF3N5O2/c1-23-7-11(15(27)24-2)8-26-9-25-14(17(19,20)21)16(26)28-13-4-10(6-22)3-12(18)5-13/h3-5,7,9H,1,8H2,2H3,(H,24,27)/b11-7-. The van der Waals surface area contributed by atoms with Crippen molar-refractivity contribution < 1.29 is 22.7 Å². The normalized spacial score (nSPS) is 11.6. The van der Waals surface area contributed by atoms with E-state index in [1.807, 2.05) is 6.07 Å². The van der Waals surface area contributed by atoms with Crippen LogP contribution in [0.3, 0.4) is 0 Å². The van der Waals surface area contributed by atoms with Crippen LogP contribution in [0.2, 0.25) is 5.02 Å². The molecule has 2 aromatic rings. The van der Waals surface area contributed by atoms with Crippen molar-refractivity contribution in [3.8, 4) is 17.7 Å². The molecule has 0 saturated carbocycles. The van der Waals surface area contributed by atoms with E-state index in [9.17, 15) is 18.0 Å². The monoisotopic (exact) mass is 411 g/mol. The summed E-state index contributed by atoms with van der Waals surface area (Å²) >= 11 is 5.87. The van der Waals surface area contributed by atoms with Crippen LogP contribution in [-0.4, -0.2) is 29.2 Å². The van der Waals surface area contributed by atoms with Crippen molar-refractivity contribution in [2.24, 2.45) is 4.99 Å². The summed E-state index contributed by atoms with van der Waals surface area (Å²) in [5.41, 5.74) is -1.17. The molecule has 0 unspecified atom stereocenters. The van der Waals surface area contributed by atoms with E-state index >= 15 is 0 Å². The second-order valence-electron chi connectivity index (χ2n) is 5.33. The maximum atomic E-state index is 13.3. The number of carbonyl (C=O) groups excluding carboxylic acids is 1. The number of hydrogen-bond acceptors (Lipinski definition) is 5. The van der Waals surface area contributed by atoms with Gasteiger partial charge in [-0.25, -0.2) is 4.98 Å². The van der Waals surface area contributed by atoms with Crippen molar-refractivity contribution in [2.45, 2.75) is 12.7 Å². The van der Waals surface area contributed by atoms with Gasteiger partial charge < -0.3 is 10.1 Å². The van der Waals surface area contributed by atoms with Gasteiger partial charge in [0, 0.05) is 18.3 Å². The van der Waals surface area contributed by atoms with Crippen LogP contribution in [0.25, 0.3) is 0 Å². The van der Waals surface area contributed by atoms with Gasteiger partial charge in [0.25, 0.3) is 0 Å². The minimum Gasteiger partial charge on any atom is -0.438 e. The van der Waals surface area contributed by atoms with Gasteiger partial charge >= 0.3 is 6.18 Å². The van der Waals surface area contributed by atoms with Crippen molar-refractivity contribution in [1.29, 1.82) is 5.26 Å². The van der Waals surface area contributed by atoms with Crippen molar-refractivity contribution in [1.82, 2.24) is 14.9 Å². The Morgan fingerprint density at radius 1 is 1.50 bits per heavy atom. The van der Waals surface area contributed by atoms with E-state index < -0.39 is 23.7 Å². The zero-order valence-corrected chi connectivity index (χ0v) is 15.2. The maximum Gasteiger partial charge on any atom is 0.438 e. The van der Waals surface area contributed by atoms with Gasteiger partial charge in [0.1, 0.15) is 5.75 Å². The molecule has 28 heavy (non-hydrogen) atoms. The molecule has 1 amide bonds. The van der Waals surface area contributed by atoms with Crippen molar-refractivity contribution in [3.63, 3.8) is 0 Å². The number of nitrogens with zero attached hydrogens (tertiary/aromatic N) is 4. The zero-order chi connectivity index (χ0) is 20.9. The van der Waals surface area contributed by atoms with E-state index in [-0.39, 0.29) is 28.5 Å². The van der Waals surface area contributed by atoms with Crippen LogP contribution in [0.5, 0.6) is 11.6 Å². The average molecular weight is 412 g/mol. The number of aromatic nitrogens is 2. The van der Waals surface area contributed by atoms with Crippen LogP contribution in [0.1, 0.15) is 11.3 Å². The summed E-state index contributed by atoms with van der Waals surface area (Å²) in [5.74, 6) is -1.32. The number of alkyl halides is 3. The number of amides is 1. The lowest BCUT2D eigenvalue weighted by Gasteiger charge is -2.14. The molecular weight excluding hydrogens is 399 g/mol. The Balaban J connectivity index is 2.52. The highest BCUT2D eigenvalue weighted by Crippen LogP contribution is 2.38. The fourth-order valence-corrected chi connectivity index (χ4v) is 2.43. The van der Waals surface area contributed by atoms with Crippen LogP contribution in [-0.2, 0) is 17.5 Å². The third-order valence-corrected chi connectivity index (χ3v) is 3.60. The molecule has 0 spiro atoms. The summed E-state index contributed by atoms with van der Waals surface area (Å²) in [6, 6.07) is 5.64. The number of nitriles is 1. The van der Waals surface area contributed by atoms with Crippen LogP contribution in [0.15, 0.2) is 41.3 Å². The van der Waals surface area contributed by atoms with Crippen molar-refractivity contribution in [2.75, 3.05) is 7.05 Å². The maximum absolute atomic E-state index is 13.3. The Bertz CT molecular complexity index is 976. The molecule has 0 aliphatic heterocycles. The number of aliphatic imine (C=N–C) groups is 1. The SMILES string of the molecule is C=N/C=C(/Cn1cnc(C(F)(F)F)c1Oc1cc(Cl)cc(C#N)c1)C(=O)NC. The molecule has 7 nitrogen and oxygen atoms in total. The minimum atomic E-state index is -4.81. The summed E-state index contributed by atoms with van der Waals surface area (Å²) in [6.45, 7) is 2.92. The van der Waals surface area contributed by atoms with Crippen LogP contribution < -0.4 is 10.1 Å². The van der Waals surface area contributed by atoms with Gasteiger partial charge in [-0.3, -0.25) is 14.4 Å². The number of likely N-dealkylation sites (N-methyl/N-ethyl adjacent to an activating group) is 1. The van der Waals surface area contributed by atoms with Gasteiger partial charge in [0.15, 0.2) is 0 Å². The number of ether oxygens (including phenoxy) is 1. The average Bonchev–Trinajstić information content (AvgIpc) is 3.02. The summed E-state index contributed by atoms with van der Waals surface area (Å²) in [7, 11) is 1.36. The fourth-order valence-electron chi connectivity index (χ4n) is 2.21. The Morgan fingerprint density at radius 2 is 2.21 bits per heavy atom. The molecule has 1 heterocycles. The van der Waals surface area contributed by atoms with E-state index in [1.165, 1.54) is 25.2 Å². The molecule has 1 aromatic heterocycles. The zero-order valence-electron chi connectivity index (χ0n) is 14.4. The van der Waals surface area contributed by atoms with E-state index in [4.69, 9.17) is 21.6 Å². The summed E-state index contributed by atoms with van der Waals surface area (Å²) in [4.78, 5) is 18.7. The molecule has 0 radical (unpaired) electrons. The highest BCUT2D eigenvalue weighted by Gasteiger charge is 2.39. The molecule has 1 aromatic carbocycles. The third-order valence-electron chi connectivity index (χ3n) is 3.38. The van der Waals surface area contributed by atoms with Gasteiger partial charge in [-0.2, -0.15) is 18.4 Å². The lowest BCUT2D eigenvalue weighted by Crippen LogP contribution is -2.23. The van der Waals surface area contributed by atoms with Crippen molar-refractivity contribution >= 4 is 24.2 Å². The number of hydrogen-bond donors (Lipinski definition) is 1. The van der Waals surface area contributed by atoms with Gasteiger partial charge in [0.05, 0.1) is 30.1 Å². The van der Waals surface area contributed by atoms with Gasteiger partial charge in [0.2, 0.25) is 17.5 Å². The largest absolute Gasteiger partial charge is 0.438 e. The number of halogens is 4. The first kappa shape index (κ1) is 21.0. The smallest absolute Gasteiger partial charge is 0.438 e. The quantitative estimate of drug-likeness (QED) is 0.581. The molecule has 0 bridgehead atoms. The molecule has 2 rings (SSSR count). The second kappa shape index (κ2) is 8.58. The predicted molar refractivity (Wildman–Crippen MR) is 95.2 cm³/mol. The molecule has 0 atom stereocenters. The number of carbonyl (C=O) groups is 1. The summed E-state index contributed by atoms with van der Waals surface area (Å²) in [6.07, 6.45) is -2.82. The van der Waals surface area contributed by atoms with Gasteiger partial charge in [-0.05, 0) is 24.9 Å². The topological polar surface area (TPSA) is 92.3 Å². The molecule has 0 fully saturated rings. The van der Waals surface area contributed by atoms with Gasteiger partial charge in [-0.1, -0.05) is 11.6 Å². The molecule has 0 saturated heterocycles. The lowest BCUT2D eigenvalue weighted by atomic mass is 10.2. The molecule has 1 N–H and O–H groups in total. The lowest BCUT2D eigenvalue weighted by molar-refractivity contribution is -0.142. The Morgan fingerprint density at radius 3 is 2.79 bits per heavy atom. The van der Waals surface area contributed by atoms with Gasteiger partial charge in [-0.15, -0.1) is 0 Å². The first-order valence-electron chi connectivity index (χ1n) is 7.57. The molecule has 146 valence electrons. The number of nitrogens with one attached hydrogen (secondary N) is 1. The third kappa shape index (κ3) is 4.89. The van der Waals surface area contributed by atoms with Crippen LogP contribution in [0.4, 0.5) is 13.2 Å². The highest BCUT2D eigenvalue weighted by atomic mass is 35.5. The fraction of sp³-hybridized carbons (Fsp3) is 0.176. The highest BCUT2D eigenvalue weighted by molar-refractivity contribution is 6.30. The number of benzene rings is 1. The molecule has 0 aliphatic carbocycles. The number of rotatable bonds is 6. The summed E-state index contributed by atoms with van der Waals surface area (Å²) in [5, 5.41) is 11.4. The predicted octanol–water partition coefficient (Wildman–Crippen LogP) is 3.55. The first-order valence-corrected chi connectivity index (χ1v) is 7.95. The number of imidazole rings is 1. The van der Waals surface area contributed by atoms with E-state index in [0.29, 0.717) is 0 Å². The van der Waals surface area contributed by atoms with Crippen LogP contribution in [0, 0.1) is 11.3 Å². The first-order chi connectivity index (χ1) is 13.2.